The van der Waals surface area contributed by atoms with E-state index < -0.39 is 16.6 Å². The summed E-state index contributed by atoms with van der Waals surface area (Å²) < 4.78 is 11.4. The maximum Gasteiger partial charge on any atom is 0.410 e. The van der Waals surface area contributed by atoms with Crippen molar-refractivity contribution in [3.63, 3.8) is 0 Å². The molecule has 0 aromatic rings. The third kappa shape index (κ3) is 5.35. The van der Waals surface area contributed by atoms with Crippen LogP contribution >= 0.6 is 0 Å². The molecule has 0 bridgehead atoms. The Hall–Kier alpha value is -1.26. The highest BCUT2D eigenvalue weighted by Gasteiger charge is 2.45. The summed E-state index contributed by atoms with van der Waals surface area (Å²) >= 11 is 0. The summed E-state index contributed by atoms with van der Waals surface area (Å²) in [6, 6.07) is 0. The Labute approximate surface area is 153 Å². The lowest BCUT2D eigenvalue weighted by molar-refractivity contribution is -0.180. The van der Waals surface area contributed by atoms with E-state index >= 15 is 0 Å². The van der Waals surface area contributed by atoms with Crippen molar-refractivity contribution in [1.29, 1.82) is 0 Å². The minimum absolute atomic E-state index is 0.134. The molecule has 1 fully saturated rings. The molecule has 0 N–H and O–H groups in total. The van der Waals surface area contributed by atoms with E-state index in [1.807, 2.05) is 34.6 Å². The Kier molecular flexibility index (Phi) is 6.57. The lowest BCUT2D eigenvalue weighted by Crippen LogP contribution is -2.51. The Balaban J connectivity index is 2.71. The lowest BCUT2D eigenvalue weighted by atomic mass is 9.70. The summed E-state index contributed by atoms with van der Waals surface area (Å²) in [6.07, 6.45) is 0.962. The summed E-state index contributed by atoms with van der Waals surface area (Å²) in [5.41, 5.74) is -1.54. The molecule has 0 aromatic heterocycles. The molecule has 0 radical (unpaired) electrons. The standard InChI is InChI=1S/C20H37NO4/c1-14(2)20(9,15(3)4)16(22)24-19(8)10-12-21(13-11-19)17(23)25-18(5,6)7/h14-15H,10-13H2,1-9H3. The first-order valence-electron chi connectivity index (χ1n) is 9.42. The van der Waals surface area contributed by atoms with Gasteiger partial charge in [-0.25, -0.2) is 4.79 Å². The van der Waals surface area contributed by atoms with Crippen molar-refractivity contribution < 1.29 is 19.1 Å². The number of piperidine rings is 1. The number of rotatable bonds is 4. The quantitative estimate of drug-likeness (QED) is 0.690. The highest BCUT2D eigenvalue weighted by Crippen LogP contribution is 2.39. The predicted octanol–water partition coefficient (Wildman–Crippen LogP) is 4.64. The summed E-state index contributed by atoms with van der Waals surface area (Å²) in [6.45, 7) is 18.9. The van der Waals surface area contributed by atoms with Crippen LogP contribution in [-0.2, 0) is 14.3 Å². The first-order valence-corrected chi connectivity index (χ1v) is 9.42. The molecule has 0 unspecified atom stereocenters. The van der Waals surface area contributed by atoms with Gasteiger partial charge in [-0.3, -0.25) is 4.79 Å². The number of hydrogen-bond donors (Lipinski definition) is 0. The fourth-order valence-electron chi connectivity index (χ4n) is 3.06. The van der Waals surface area contributed by atoms with Crippen molar-refractivity contribution in [1.82, 2.24) is 4.90 Å². The highest BCUT2D eigenvalue weighted by atomic mass is 16.6. The van der Waals surface area contributed by atoms with Crippen LogP contribution in [0.4, 0.5) is 4.79 Å². The Morgan fingerprint density at radius 2 is 1.40 bits per heavy atom. The van der Waals surface area contributed by atoms with Gasteiger partial charge in [-0.15, -0.1) is 0 Å². The van der Waals surface area contributed by atoms with Gasteiger partial charge in [-0.2, -0.15) is 0 Å². The predicted molar refractivity (Wildman–Crippen MR) is 99.3 cm³/mol. The topological polar surface area (TPSA) is 55.8 Å². The fourth-order valence-corrected chi connectivity index (χ4v) is 3.06. The van der Waals surface area contributed by atoms with E-state index in [4.69, 9.17) is 9.47 Å². The van der Waals surface area contributed by atoms with Gasteiger partial charge in [-0.1, -0.05) is 27.7 Å². The van der Waals surface area contributed by atoms with E-state index in [0.717, 1.165) is 0 Å². The van der Waals surface area contributed by atoms with Crippen molar-refractivity contribution in [2.24, 2.45) is 17.3 Å². The van der Waals surface area contributed by atoms with Crippen LogP contribution in [0, 0.1) is 17.3 Å². The van der Waals surface area contributed by atoms with Crippen LogP contribution in [-0.4, -0.2) is 41.3 Å². The molecule has 146 valence electrons. The summed E-state index contributed by atoms with van der Waals surface area (Å²) in [4.78, 5) is 26.8. The molecule has 1 aliphatic rings. The van der Waals surface area contributed by atoms with Crippen molar-refractivity contribution in [3.05, 3.63) is 0 Å². The molecule has 0 aromatic carbocycles. The van der Waals surface area contributed by atoms with E-state index in [-0.39, 0.29) is 23.9 Å². The SMILES string of the molecule is CC(C)C(C)(C(=O)OC1(C)CCN(C(=O)OC(C)(C)C)CC1)C(C)C. The third-order valence-electron chi connectivity index (χ3n) is 5.65. The van der Waals surface area contributed by atoms with Crippen LogP contribution in [0.3, 0.4) is 0 Å². The molecule has 0 saturated carbocycles. The first kappa shape index (κ1) is 21.8. The zero-order chi connectivity index (χ0) is 19.6. The van der Waals surface area contributed by atoms with E-state index in [1.165, 1.54) is 0 Å². The van der Waals surface area contributed by atoms with Gasteiger partial charge in [0.2, 0.25) is 0 Å². The van der Waals surface area contributed by atoms with E-state index in [1.54, 1.807) is 4.90 Å². The highest BCUT2D eigenvalue weighted by molar-refractivity contribution is 5.77. The molecule has 1 amide bonds. The average Bonchev–Trinajstić information content (AvgIpc) is 2.44. The molecule has 1 aliphatic heterocycles. The van der Waals surface area contributed by atoms with Gasteiger partial charge in [0.15, 0.2) is 0 Å². The summed E-state index contributed by atoms with van der Waals surface area (Å²) in [5, 5.41) is 0. The van der Waals surface area contributed by atoms with Gasteiger partial charge < -0.3 is 14.4 Å². The van der Waals surface area contributed by atoms with Crippen LogP contribution in [0.1, 0.15) is 75.2 Å². The van der Waals surface area contributed by atoms with E-state index in [9.17, 15) is 9.59 Å². The molecular formula is C20H37NO4. The van der Waals surface area contributed by atoms with Crippen LogP contribution in [0.15, 0.2) is 0 Å². The monoisotopic (exact) mass is 355 g/mol. The van der Waals surface area contributed by atoms with E-state index in [2.05, 4.69) is 27.7 Å². The molecule has 1 heterocycles. The van der Waals surface area contributed by atoms with Gasteiger partial charge in [0.25, 0.3) is 0 Å². The number of amides is 1. The Bertz CT molecular complexity index is 474. The molecule has 5 nitrogen and oxygen atoms in total. The molecule has 1 rings (SSSR count). The van der Waals surface area contributed by atoms with E-state index in [0.29, 0.717) is 25.9 Å². The fraction of sp³-hybridized carbons (Fsp3) is 0.900. The Morgan fingerprint density at radius 3 is 1.76 bits per heavy atom. The largest absolute Gasteiger partial charge is 0.459 e. The minimum atomic E-state index is -0.527. The lowest BCUT2D eigenvalue weighted by Gasteiger charge is -2.43. The summed E-state index contributed by atoms with van der Waals surface area (Å²) in [7, 11) is 0. The summed E-state index contributed by atoms with van der Waals surface area (Å²) in [5.74, 6) is 0.265. The molecular weight excluding hydrogens is 318 g/mol. The number of carbonyl (C=O) groups is 2. The smallest absolute Gasteiger partial charge is 0.410 e. The van der Waals surface area contributed by atoms with Crippen molar-refractivity contribution in [2.75, 3.05) is 13.1 Å². The van der Waals surface area contributed by atoms with Gasteiger partial charge in [-0.05, 0) is 46.5 Å². The van der Waals surface area contributed by atoms with Crippen LogP contribution < -0.4 is 0 Å². The minimum Gasteiger partial charge on any atom is -0.459 e. The van der Waals surface area contributed by atoms with Crippen LogP contribution in [0.2, 0.25) is 0 Å². The maximum atomic E-state index is 12.9. The van der Waals surface area contributed by atoms with Crippen molar-refractivity contribution >= 4 is 12.1 Å². The number of nitrogens with zero attached hydrogens (tertiary/aromatic N) is 1. The first-order chi connectivity index (χ1) is 11.2. The molecule has 5 heteroatoms. The number of carbonyl (C=O) groups excluding carboxylic acids is 2. The molecule has 0 atom stereocenters. The van der Waals surface area contributed by atoms with Crippen molar-refractivity contribution in [3.8, 4) is 0 Å². The zero-order valence-electron chi connectivity index (χ0n) is 17.6. The number of esters is 1. The normalized spacial score (nSPS) is 18.4. The number of likely N-dealkylation sites (tertiary alicyclic amines) is 1. The van der Waals surface area contributed by atoms with Gasteiger partial charge in [0.1, 0.15) is 11.2 Å². The van der Waals surface area contributed by atoms with Gasteiger partial charge in [0.05, 0.1) is 5.41 Å². The van der Waals surface area contributed by atoms with Crippen LogP contribution in [0.25, 0.3) is 0 Å². The number of ether oxygens (including phenoxy) is 2. The average molecular weight is 356 g/mol. The second kappa shape index (κ2) is 7.55. The molecule has 1 saturated heterocycles. The van der Waals surface area contributed by atoms with Gasteiger partial charge in [0, 0.05) is 25.9 Å². The second-order valence-corrected chi connectivity index (χ2v) is 9.40. The molecule has 0 aliphatic carbocycles. The van der Waals surface area contributed by atoms with Crippen LogP contribution in [0.5, 0.6) is 0 Å². The third-order valence-corrected chi connectivity index (χ3v) is 5.65. The van der Waals surface area contributed by atoms with Gasteiger partial charge >= 0.3 is 12.1 Å². The number of hydrogen-bond acceptors (Lipinski definition) is 4. The molecule has 0 spiro atoms. The Morgan fingerprint density at radius 1 is 0.960 bits per heavy atom. The zero-order valence-corrected chi connectivity index (χ0v) is 17.6. The second-order valence-electron chi connectivity index (χ2n) is 9.40. The molecule has 25 heavy (non-hydrogen) atoms. The van der Waals surface area contributed by atoms with Crippen molar-refractivity contribution in [2.45, 2.75) is 86.4 Å². The maximum absolute atomic E-state index is 12.9.